The molecule has 0 radical (unpaired) electrons. The molecule has 4 rings (SSSR count). The molecule has 1 N–H and O–H groups in total. The molecule has 0 bridgehead atoms. The number of thiazole rings is 1. The molecule has 132 valence electrons. The highest BCUT2D eigenvalue weighted by molar-refractivity contribution is 7.18. The fourth-order valence-corrected chi connectivity index (χ4v) is 3.83. The summed E-state index contributed by atoms with van der Waals surface area (Å²) in [5, 5.41) is 19.2. The first-order chi connectivity index (χ1) is 12.6. The topological polar surface area (TPSA) is 77.5 Å². The molecular formula is C18H17N5O2S. The number of hydrogen-bond acceptors (Lipinski definition) is 6. The van der Waals surface area contributed by atoms with E-state index in [1.165, 1.54) is 0 Å². The average molecular weight is 367 g/mol. The molecule has 1 atom stereocenters. The number of aromatic nitrogens is 5. The number of ether oxygens (including phenoxy) is 1. The van der Waals surface area contributed by atoms with Crippen molar-refractivity contribution in [3.05, 3.63) is 65.8 Å². The number of hydrogen-bond donors (Lipinski definition) is 1. The monoisotopic (exact) mass is 367 g/mol. The van der Waals surface area contributed by atoms with E-state index in [1.54, 1.807) is 41.8 Å². The van der Waals surface area contributed by atoms with E-state index in [-0.39, 0.29) is 0 Å². The molecule has 8 heteroatoms. The van der Waals surface area contributed by atoms with Crippen molar-refractivity contribution in [1.82, 2.24) is 24.4 Å². The van der Waals surface area contributed by atoms with Crippen LogP contribution in [0.2, 0.25) is 0 Å². The van der Waals surface area contributed by atoms with Gasteiger partial charge in [-0.05, 0) is 36.8 Å². The first-order valence-corrected chi connectivity index (χ1v) is 8.75. The smallest absolute Gasteiger partial charge is 0.141 e. The molecule has 0 saturated heterocycles. The number of imidazole rings is 1. The number of aliphatic hydroxyl groups excluding tert-OH is 1. The minimum absolute atomic E-state index is 0.455. The van der Waals surface area contributed by atoms with Gasteiger partial charge in [-0.3, -0.25) is 4.40 Å². The standard InChI is InChI=1S/C18H17N5O2S/c1-11(2)18-16(22-10-19-8-15(22)26-18)17(24)14-9-23(21-20-14)12-4-6-13(25-3)7-5-12/h4-10,17,24H,1H2,2-3H3. The summed E-state index contributed by atoms with van der Waals surface area (Å²) >= 11 is 1.54. The van der Waals surface area contributed by atoms with Crippen LogP contribution >= 0.6 is 11.3 Å². The molecule has 0 fully saturated rings. The number of allylic oxidation sites excluding steroid dienone is 1. The molecule has 0 saturated carbocycles. The summed E-state index contributed by atoms with van der Waals surface area (Å²) in [7, 11) is 1.62. The Morgan fingerprint density at radius 1 is 1.31 bits per heavy atom. The van der Waals surface area contributed by atoms with Gasteiger partial charge in [0.2, 0.25) is 0 Å². The van der Waals surface area contributed by atoms with Crippen LogP contribution in [0.4, 0.5) is 0 Å². The predicted molar refractivity (Wildman–Crippen MR) is 99.7 cm³/mol. The van der Waals surface area contributed by atoms with Gasteiger partial charge < -0.3 is 9.84 Å². The maximum absolute atomic E-state index is 11.0. The Balaban J connectivity index is 1.72. The molecule has 3 heterocycles. The Bertz CT molecular complexity index is 1080. The van der Waals surface area contributed by atoms with E-state index in [4.69, 9.17) is 4.74 Å². The van der Waals surface area contributed by atoms with Crippen LogP contribution in [0, 0.1) is 0 Å². The van der Waals surface area contributed by atoms with Crippen molar-refractivity contribution >= 4 is 21.7 Å². The molecule has 0 spiro atoms. The first kappa shape index (κ1) is 16.5. The van der Waals surface area contributed by atoms with E-state index in [0.717, 1.165) is 26.7 Å². The van der Waals surface area contributed by atoms with Crippen molar-refractivity contribution in [2.45, 2.75) is 13.0 Å². The number of benzene rings is 1. The SMILES string of the molecule is C=C(C)c1sc2cncn2c1C(O)c1cn(-c2ccc(OC)cc2)nn1. The fourth-order valence-electron chi connectivity index (χ4n) is 2.77. The Morgan fingerprint density at radius 3 is 2.77 bits per heavy atom. The van der Waals surface area contributed by atoms with E-state index in [1.807, 2.05) is 35.6 Å². The molecule has 1 aromatic carbocycles. The highest BCUT2D eigenvalue weighted by Gasteiger charge is 2.24. The summed E-state index contributed by atoms with van der Waals surface area (Å²) < 4.78 is 8.65. The van der Waals surface area contributed by atoms with Crippen LogP contribution in [-0.2, 0) is 0 Å². The quantitative estimate of drug-likeness (QED) is 0.586. The molecule has 0 aliphatic carbocycles. The zero-order valence-corrected chi connectivity index (χ0v) is 15.1. The highest BCUT2D eigenvalue weighted by Crippen LogP contribution is 2.34. The lowest BCUT2D eigenvalue weighted by atomic mass is 10.1. The van der Waals surface area contributed by atoms with Crippen LogP contribution in [0.25, 0.3) is 16.1 Å². The van der Waals surface area contributed by atoms with Crippen molar-refractivity contribution in [1.29, 1.82) is 0 Å². The van der Waals surface area contributed by atoms with Gasteiger partial charge in [-0.15, -0.1) is 16.4 Å². The Labute approximate surface area is 153 Å². The van der Waals surface area contributed by atoms with Crippen LogP contribution in [0.3, 0.4) is 0 Å². The molecule has 1 unspecified atom stereocenters. The summed E-state index contributed by atoms with van der Waals surface area (Å²) in [6.07, 6.45) is 4.23. The molecule has 0 aliphatic heterocycles. The van der Waals surface area contributed by atoms with E-state index >= 15 is 0 Å². The second-order valence-corrected chi connectivity index (χ2v) is 6.92. The van der Waals surface area contributed by atoms with Crippen molar-refractivity contribution in [2.24, 2.45) is 0 Å². The van der Waals surface area contributed by atoms with E-state index in [9.17, 15) is 5.11 Å². The minimum Gasteiger partial charge on any atom is -0.497 e. The lowest BCUT2D eigenvalue weighted by Gasteiger charge is -2.09. The van der Waals surface area contributed by atoms with Gasteiger partial charge in [0.15, 0.2) is 0 Å². The summed E-state index contributed by atoms with van der Waals surface area (Å²) in [5.41, 5.74) is 2.87. The predicted octanol–water partition coefficient (Wildman–Crippen LogP) is 3.10. The maximum Gasteiger partial charge on any atom is 0.141 e. The number of nitrogens with zero attached hydrogens (tertiary/aromatic N) is 5. The maximum atomic E-state index is 11.0. The van der Waals surface area contributed by atoms with Gasteiger partial charge in [0.05, 0.1) is 35.8 Å². The summed E-state index contributed by atoms with van der Waals surface area (Å²) in [6, 6.07) is 7.45. The van der Waals surface area contributed by atoms with Gasteiger partial charge in [0, 0.05) is 0 Å². The third-order valence-electron chi connectivity index (χ3n) is 4.08. The number of methoxy groups -OCH3 is 1. The van der Waals surface area contributed by atoms with Gasteiger partial charge >= 0.3 is 0 Å². The van der Waals surface area contributed by atoms with Crippen LogP contribution in [-0.4, -0.2) is 36.6 Å². The zero-order chi connectivity index (χ0) is 18.3. The molecule has 26 heavy (non-hydrogen) atoms. The zero-order valence-electron chi connectivity index (χ0n) is 14.3. The van der Waals surface area contributed by atoms with Crippen LogP contribution < -0.4 is 4.74 Å². The fraction of sp³-hybridized carbons (Fsp3) is 0.167. The second-order valence-electron chi connectivity index (χ2n) is 5.89. The molecular weight excluding hydrogens is 350 g/mol. The molecule has 0 aliphatic rings. The first-order valence-electron chi connectivity index (χ1n) is 7.94. The number of fused-ring (bicyclic) bond motifs is 1. The lowest BCUT2D eigenvalue weighted by Crippen LogP contribution is -2.05. The lowest BCUT2D eigenvalue weighted by molar-refractivity contribution is 0.209. The Hall–Kier alpha value is -2.97. The Morgan fingerprint density at radius 2 is 2.08 bits per heavy atom. The van der Waals surface area contributed by atoms with Crippen molar-refractivity contribution in [3.63, 3.8) is 0 Å². The number of aliphatic hydroxyl groups is 1. The minimum atomic E-state index is -0.934. The average Bonchev–Trinajstić information content (AvgIpc) is 3.36. The van der Waals surface area contributed by atoms with Crippen molar-refractivity contribution in [2.75, 3.05) is 7.11 Å². The Kier molecular flexibility index (Phi) is 4.06. The largest absolute Gasteiger partial charge is 0.497 e. The van der Waals surface area contributed by atoms with Crippen LogP contribution in [0.5, 0.6) is 5.75 Å². The second kappa shape index (κ2) is 6.40. The van der Waals surface area contributed by atoms with Gasteiger partial charge in [-0.2, -0.15) is 0 Å². The third kappa shape index (κ3) is 2.69. The van der Waals surface area contributed by atoms with Gasteiger partial charge in [0.1, 0.15) is 28.7 Å². The highest BCUT2D eigenvalue weighted by atomic mass is 32.1. The van der Waals surface area contributed by atoms with E-state index in [0.29, 0.717) is 11.4 Å². The van der Waals surface area contributed by atoms with E-state index < -0.39 is 6.10 Å². The summed E-state index contributed by atoms with van der Waals surface area (Å²) in [4.78, 5) is 6.02. The molecule has 0 amide bonds. The third-order valence-corrected chi connectivity index (χ3v) is 5.35. The van der Waals surface area contributed by atoms with Crippen molar-refractivity contribution in [3.8, 4) is 11.4 Å². The summed E-state index contributed by atoms with van der Waals surface area (Å²) in [6.45, 7) is 5.94. The van der Waals surface area contributed by atoms with Gasteiger partial charge in [-0.25, -0.2) is 9.67 Å². The van der Waals surface area contributed by atoms with E-state index in [2.05, 4.69) is 21.9 Å². The van der Waals surface area contributed by atoms with Crippen LogP contribution in [0.15, 0.2) is 49.6 Å². The normalized spacial score (nSPS) is 12.4. The van der Waals surface area contributed by atoms with Crippen molar-refractivity contribution < 1.29 is 9.84 Å². The molecule has 4 aromatic rings. The van der Waals surface area contributed by atoms with Gasteiger partial charge in [-0.1, -0.05) is 11.8 Å². The van der Waals surface area contributed by atoms with Gasteiger partial charge in [0.25, 0.3) is 0 Å². The molecule has 3 aromatic heterocycles. The van der Waals surface area contributed by atoms with Crippen LogP contribution in [0.1, 0.15) is 29.3 Å². The summed E-state index contributed by atoms with van der Waals surface area (Å²) in [5.74, 6) is 0.765. The molecule has 7 nitrogen and oxygen atoms in total. The number of rotatable bonds is 5.